The molecule has 1 saturated heterocycles. The van der Waals surface area contributed by atoms with Gasteiger partial charge in [0.05, 0.1) is 18.7 Å². The van der Waals surface area contributed by atoms with E-state index in [-0.39, 0.29) is 38.6 Å². The summed E-state index contributed by atoms with van der Waals surface area (Å²) < 4.78 is 41.8. The summed E-state index contributed by atoms with van der Waals surface area (Å²) in [5.41, 5.74) is 5.77. The van der Waals surface area contributed by atoms with Gasteiger partial charge in [-0.1, -0.05) is 0 Å². The first-order chi connectivity index (χ1) is 9.39. The van der Waals surface area contributed by atoms with E-state index in [1.54, 1.807) is 6.07 Å². The van der Waals surface area contributed by atoms with Crippen LogP contribution in [0.15, 0.2) is 16.7 Å². The lowest BCUT2D eigenvalue weighted by Crippen LogP contribution is -2.50. The SMILES string of the molecule is NCc1cc(C(=O)N2CCN(CC(F)(F)F)CC2)co1. The molecule has 5 nitrogen and oxygen atoms in total. The number of alkyl halides is 3. The molecule has 1 aromatic heterocycles. The molecule has 112 valence electrons. The van der Waals surface area contributed by atoms with Crippen molar-refractivity contribution in [2.24, 2.45) is 5.73 Å². The molecule has 0 atom stereocenters. The summed E-state index contributed by atoms with van der Waals surface area (Å²) >= 11 is 0. The second-order valence-corrected chi connectivity index (χ2v) is 4.69. The molecule has 0 spiro atoms. The van der Waals surface area contributed by atoms with Gasteiger partial charge in [-0.2, -0.15) is 13.2 Å². The zero-order valence-corrected chi connectivity index (χ0v) is 10.8. The smallest absolute Gasteiger partial charge is 0.401 e. The van der Waals surface area contributed by atoms with Crippen LogP contribution in [-0.4, -0.2) is 54.6 Å². The third-order valence-corrected chi connectivity index (χ3v) is 3.16. The first kappa shape index (κ1) is 14.9. The number of nitrogens with two attached hydrogens (primary N) is 1. The molecule has 2 rings (SSSR count). The van der Waals surface area contributed by atoms with Crippen molar-refractivity contribution in [3.8, 4) is 0 Å². The number of amides is 1. The van der Waals surface area contributed by atoms with E-state index in [0.29, 0.717) is 11.3 Å². The van der Waals surface area contributed by atoms with Gasteiger partial charge in [0.15, 0.2) is 0 Å². The highest BCUT2D eigenvalue weighted by Gasteiger charge is 2.33. The zero-order valence-electron chi connectivity index (χ0n) is 10.8. The van der Waals surface area contributed by atoms with Crippen molar-refractivity contribution in [1.29, 1.82) is 0 Å². The number of piperazine rings is 1. The molecular formula is C12H16F3N3O2. The molecule has 0 unspecified atom stereocenters. The van der Waals surface area contributed by atoms with Gasteiger partial charge in [-0.3, -0.25) is 9.69 Å². The second-order valence-electron chi connectivity index (χ2n) is 4.69. The second kappa shape index (κ2) is 5.84. The summed E-state index contributed by atoms with van der Waals surface area (Å²) in [6.45, 7) is 0.250. The van der Waals surface area contributed by atoms with E-state index in [4.69, 9.17) is 10.2 Å². The Hall–Kier alpha value is -1.54. The average molecular weight is 291 g/mol. The number of halogens is 3. The van der Waals surface area contributed by atoms with E-state index in [1.165, 1.54) is 16.1 Å². The Balaban J connectivity index is 1.88. The lowest BCUT2D eigenvalue weighted by Gasteiger charge is -2.34. The van der Waals surface area contributed by atoms with Crippen LogP contribution in [0.4, 0.5) is 13.2 Å². The van der Waals surface area contributed by atoms with E-state index in [1.807, 2.05) is 0 Å². The molecular weight excluding hydrogens is 275 g/mol. The summed E-state index contributed by atoms with van der Waals surface area (Å²) in [4.78, 5) is 14.9. The van der Waals surface area contributed by atoms with Gasteiger partial charge >= 0.3 is 6.18 Å². The van der Waals surface area contributed by atoms with Crippen LogP contribution in [0.2, 0.25) is 0 Å². The summed E-state index contributed by atoms with van der Waals surface area (Å²) in [6, 6.07) is 1.56. The zero-order chi connectivity index (χ0) is 14.8. The fourth-order valence-corrected chi connectivity index (χ4v) is 2.15. The first-order valence-electron chi connectivity index (χ1n) is 6.25. The van der Waals surface area contributed by atoms with E-state index >= 15 is 0 Å². The predicted molar refractivity (Wildman–Crippen MR) is 65.0 cm³/mol. The molecule has 1 aliphatic heterocycles. The molecule has 2 N–H and O–H groups in total. The van der Waals surface area contributed by atoms with Crippen LogP contribution in [0, 0.1) is 0 Å². The summed E-state index contributed by atoms with van der Waals surface area (Å²) in [6.07, 6.45) is -2.88. The number of carbonyl (C=O) groups is 1. The van der Waals surface area contributed by atoms with Gasteiger partial charge in [0, 0.05) is 26.2 Å². The van der Waals surface area contributed by atoms with Crippen molar-refractivity contribution in [3.05, 3.63) is 23.7 Å². The van der Waals surface area contributed by atoms with Gasteiger partial charge < -0.3 is 15.1 Å². The molecule has 0 aromatic carbocycles. The minimum Gasteiger partial charge on any atom is -0.467 e. The number of carbonyl (C=O) groups excluding carboxylic acids is 1. The van der Waals surface area contributed by atoms with Gasteiger partial charge in [-0.15, -0.1) is 0 Å². The van der Waals surface area contributed by atoms with Crippen LogP contribution in [0.1, 0.15) is 16.1 Å². The molecule has 1 aromatic rings. The van der Waals surface area contributed by atoms with Gasteiger partial charge in [-0.05, 0) is 6.07 Å². The maximum atomic E-state index is 12.3. The average Bonchev–Trinajstić information content (AvgIpc) is 2.85. The lowest BCUT2D eigenvalue weighted by atomic mass is 10.2. The van der Waals surface area contributed by atoms with Crippen LogP contribution in [0.3, 0.4) is 0 Å². The Kier molecular flexibility index (Phi) is 4.34. The Morgan fingerprint density at radius 1 is 1.30 bits per heavy atom. The topological polar surface area (TPSA) is 62.7 Å². The lowest BCUT2D eigenvalue weighted by molar-refractivity contribution is -0.148. The van der Waals surface area contributed by atoms with Crippen LogP contribution in [0.5, 0.6) is 0 Å². The van der Waals surface area contributed by atoms with Crippen molar-refractivity contribution in [1.82, 2.24) is 9.80 Å². The van der Waals surface area contributed by atoms with E-state index in [0.717, 1.165) is 0 Å². The number of rotatable bonds is 3. The van der Waals surface area contributed by atoms with Crippen molar-refractivity contribution in [3.63, 3.8) is 0 Å². The summed E-state index contributed by atoms with van der Waals surface area (Å²) in [5.74, 6) is 0.268. The third kappa shape index (κ3) is 3.73. The van der Waals surface area contributed by atoms with E-state index < -0.39 is 12.7 Å². The monoisotopic (exact) mass is 291 g/mol. The van der Waals surface area contributed by atoms with Gasteiger partial charge in [0.1, 0.15) is 12.0 Å². The molecule has 0 saturated carbocycles. The fraction of sp³-hybridized carbons (Fsp3) is 0.583. The molecule has 8 heteroatoms. The largest absolute Gasteiger partial charge is 0.467 e. The van der Waals surface area contributed by atoms with Gasteiger partial charge in [0.2, 0.25) is 0 Å². The van der Waals surface area contributed by atoms with E-state index in [9.17, 15) is 18.0 Å². The van der Waals surface area contributed by atoms with Crippen molar-refractivity contribution in [2.45, 2.75) is 12.7 Å². The van der Waals surface area contributed by atoms with Crippen LogP contribution >= 0.6 is 0 Å². The Morgan fingerprint density at radius 2 is 1.95 bits per heavy atom. The Bertz CT molecular complexity index is 465. The van der Waals surface area contributed by atoms with Crippen LogP contribution in [0.25, 0.3) is 0 Å². The maximum Gasteiger partial charge on any atom is 0.401 e. The molecule has 0 radical (unpaired) electrons. The number of hydrogen-bond acceptors (Lipinski definition) is 4. The molecule has 1 aliphatic rings. The van der Waals surface area contributed by atoms with Crippen LogP contribution in [-0.2, 0) is 6.54 Å². The van der Waals surface area contributed by atoms with Gasteiger partial charge in [0.25, 0.3) is 5.91 Å². The van der Waals surface area contributed by atoms with Crippen molar-refractivity contribution in [2.75, 3.05) is 32.7 Å². The fourth-order valence-electron chi connectivity index (χ4n) is 2.15. The van der Waals surface area contributed by atoms with Crippen LogP contribution < -0.4 is 5.73 Å². The number of nitrogens with zero attached hydrogens (tertiary/aromatic N) is 2. The molecule has 0 aliphatic carbocycles. The molecule has 20 heavy (non-hydrogen) atoms. The molecule has 0 bridgehead atoms. The Morgan fingerprint density at radius 3 is 2.45 bits per heavy atom. The minimum absolute atomic E-state index is 0.201. The first-order valence-corrected chi connectivity index (χ1v) is 6.25. The normalized spacial score (nSPS) is 17.5. The summed E-state index contributed by atoms with van der Waals surface area (Å²) in [7, 11) is 0. The standard InChI is InChI=1S/C12H16F3N3O2/c13-12(14,15)8-17-1-3-18(4-2-17)11(19)9-5-10(6-16)20-7-9/h5,7H,1-4,6,8,16H2. The van der Waals surface area contributed by atoms with Crippen molar-refractivity contribution < 1.29 is 22.4 Å². The highest BCUT2D eigenvalue weighted by molar-refractivity contribution is 5.94. The molecule has 2 heterocycles. The highest BCUT2D eigenvalue weighted by atomic mass is 19.4. The van der Waals surface area contributed by atoms with Crippen molar-refractivity contribution >= 4 is 5.91 Å². The number of furan rings is 1. The quantitative estimate of drug-likeness (QED) is 0.904. The predicted octanol–water partition coefficient (Wildman–Crippen LogP) is 1.06. The Labute approximate surface area is 114 Å². The summed E-state index contributed by atoms with van der Waals surface area (Å²) in [5, 5.41) is 0. The van der Waals surface area contributed by atoms with E-state index in [2.05, 4.69) is 0 Å². The number of hydrogen-bond donors (Lipinski definition) is 1. The third-order valence-electron chi connectivity index (χ3n) is 3.16. The van der Waals surface area contributed by atoms with Gasteiger partial charge in [-0.25, -0.2) is 0 Å². The highest BCUT2D eigenvalue weighted by Crippen LogP contribution is 2.18. The molecule has 1 fully saturated rings. The molecule has 1 amide bonds. The minimum atomic E-state index is -4.20. The maximum absolute atomic E-state index is 12.3.